The fraction of sp³-hybridized carbons (Fsp3) is 0.0769. The second-order valence-corrected chi connectivity index (χ2v) is 3.73. The lowest BCUT2D eigenvalue weighted by atomic mass is 10.2. The van der Waals surface area contributed by atoms with Crippen LogP contribution in [0, 0.1) is 0 Å². The molecule has 0 amide bonds. The first-order valence-corrected chi connectivity index (χ1v) is 5.42. The second-order valence-electron chi connectivity index (χ2n) is 3.73. The maximum atomic E-state index is 12.6. The number of pyridine rings is 1. The Kier molecular flexibility index (Phi) is 3.70. The van der Waals surface area contributed by atoms with Crippen LogP contribution in [0.5, 0.6) is 0 Å². The average molecular weight is 264 g/mol. The summed E-state index contributed by atoms with van der Waals surface area (Å²) in [6, 6.07) is 10.7. The van der Waals surface area contributed by atoms with Crippen LogP contribution in [0.25, 0.3) is 0 Å². The molecule has 0 aliphatic rings. The number of aromatic carboxylic acids is 1. The number of carboxylic acid groups (broad SMARTS) is 1. The number of anilines is 2. The van der Waals surface area contributed by atoms with E-state index in [-0.39, 0.29) is 11.4 Å². The van der Waals surface area contributed by atoms with Crippen LogP contribution < -0.4 is 5.32 Å². The molecule has 0 radical (unpaired) electrons. The first-order chi connectivity index (χ1) is 9.08. The van der Waals surface area contributed by atoms with Gasteiger partial charge in [0.2, 0.25) is 0 Å². The Morgan fingerprint density at radius 3 is 2.42 bits per heavy atom. The quantitative estimate of drug-likeness (QED) is 0.887. The van der Waals surface area contributed by atoms with Crippen molar-refractivity contribution in [3.05, 3.63) is 53.7 Å². The Bertz CT molecular complexity index is 588. The van der Waals surface area contributed by atoms with Crippen molar-refractivity contribution in [1.29, 1.82) is 0 Å². The Labute approximate surface area is 107 Å². The van der Waals surface area contributed by atoms with Crippen molar-refractivity contribution in [2.24, 2.45) is 0 Å². The Balaban J connectivity index is 2.41. The van der Waals surface area contributed by atoms with Crippen molar-refractivity contribution >= 4 is 17.5 Å². The van der Waals surface area contributed by atoms with Gasteiger partial charge in [-0.2, -0.15) is 0 Å². The van der Waals surface area contributed by atoms with E-state index in [1.54, 1.807) is 30.3 Å². The summed E-state index contributed by atoms with van der Waals surface area (Å²) < 4.78 is 25.2. The van der Waals surface area contributed by atoms with Gasteiger partial charge in [-0.05, 0) is 24.3 Å². The summed E-state index contributed by atoms with van der Waals surface area (Å²) in [6.07, 6.45) is -2.75. The van der Waals surface area contributed by atoms with E-state index in [1.165, 1.54) is 0 Å². The Hall–Kier alpha value is -2.50. The molecular weight excluding hydrogens is 254 g/mol. The molecule has 6 heteroatoms. The molecule has 0 aliphatic heterocycles. The maximum Gasteiger partial charge on any atom is 0.339 e. The molecule has 98 valence electrons. The number of nitrogens with zero attached hydrogens (tertiary/aromatic N) is 1. The van der Waals surface area contributed by atoms with Crippen molar-refractivity contribution < 1.29 is 18.7 Å². The first kappa shape index (κ1) is 12.9. The normalized spacial score (nSPS) is 10.5. The number of aromatic nitrogens is 1. The lowest BCUT2D eigenvalue weighted by molar-refractivity contribution is 0.0697. The third-order valence-corrected chi connectivity index (χ3v) is 2.41. The molecule has 0 bridgehead atoms. The number of para-hydroxylation sites is 1. The van der Waals surface area contributed by atoms with Gasteiger partial charge in [0.15, 0.2) is 0 Å². The van der Waals surface area contributed by atoms with E-state index < -0.39 is 18.1 Å². The van der Waals surface area contributed by atoms with Crippen LogP contribution in [0.3, 0.4) is 0 Å². The molecule has 1 aromatic carbocycles. The predicted molar refractivity (Wildman–Crippen MR) is 65.9 cm³/mol. The highest BCUT2D eigenvalue weighted by Crippen LogP contribution is 2.23. The van der Waals surface area contributed by atoms with Crippen LogP contribution in [0.1, 0.15) is 22.5 Å². The van der Waals surface area contributed by atoms with E-state index >= 15 is 0 Å². The van der Waals surface area contributed by atoms with Crippen LogP contribution in [0.4, 0.5) is 20.3 Å². The Morgan fingerprint density at radius 2 is 1.84 bits per heavy atom. The van der Waals surface area contributed by atoms with E-state index in [9.17, 15) is 13.6 Å². The van der Waals surface area contributed by atoms with Crippen molar-refractivity contribution in [3.63, 3.8) is 0 Å². The third kappa shape index (κ3) is 3.04. The molecule has 2 rings (SSSR count). The minimum absolute atomic E-state index is 0.100. The average Bonchev–Trinajstić information content (AvgIpc) is 2.39. The van der Waals surface area contributed by atoms with Gasteiger partial charge in [-0.25, -0.2) is 18.6 Å². The highest BCUT2D eigenvalue weighted by Gasteiger charge is 2.16. The molecule has 4 nitrogen and oxygen atoms in total. The molecule has 0 aliphatic carbocycles. The van der Waals surface area contributed by atoms with Gasteiger partial charge in [0.05, 0.1) is 0 Å². The van der Waals surface area contributed by atoms with E-state index in [0.717, 1.165) is 12.1 Å². The highest BCUT2D eigenvalue weighted by atomic mass is 19.3. The zero-order chi connectivity index (χ0) is 13.8. The lowest BCUT2D eigenvalue weighted by Gasteiger charge is -2.10. The van der Waals surface area contributed by atoms with Gasteiger partial charge in [0.25, 0.3) is 6.43 Å². The van der Waals surface area contributed by atoms with E-state index in [2.05, 4.69) is 10.3 Å². The molecular formula is C13H10F2N2O2. The maximum absolute atomic E-state index is 12.6. The summed E-state index contributed by atoms with van der Waals surface area (Å²) in [5.74, 6) is -1.33. The fourth-order valence-corrected chi connectivity index (χ4v) is 1.52. The summed E-state index contributed by atoms with van der Waals surface area (Å²) in [5.41, 5.74) is -0.0550. The second kappa shape index (κ2) is 5.43. The molecule has 2 aromatic rings. The van der Waals surface area contributed by atoms with Crippen LogP contribution in [-0.2, 0) is 0 Å². The van der Waals surface area contributed by atoms with Gasteiger partial charge < -0.3 is 10.4 Å². The van der Waals surface area contributed by atoms with E-state index in [4.69, 9.17) is 5.11 Å². The van der Waals surface area contributed by atoms with E-state index in [0.29, 0.717) is 5.69 Å². The Morgan fingerprint density at radius 1 is 1.16 bits per heavy atom. The van der Waals surface area contributed by atoms with Gasteiger partial charge in [0.1, 0.15) is 17.1 Å². The molecule has 0 unspecified atom stereocenters. The minimum Gasteiger partial charge on any atom is -0.478 e. The van der Waals surface area contributed by atoms with Crippen molar-refractivity contribution in [1.82, 2.24) is 4.98 Å². The number of carboxylic acids is 1. The SMILES string of the molecule is O=C(O)c1ccc(C(F)F)nc1Nc1ccccc1. The number of alkyl halides is 2. The number of carbonyl (C=O) groups is 1. The van der Waals surface area contributed by atoms with Crippen LogP contribution in [0.15, 0.2) is 42.5 Å². The van der Waals surface area contributed by atoms with Gasteiger partial charge in [-0.1, -0.05) is 18.2 Å². The molecule has 0 fully saturated rings. The highest BCUT2D eigenvalue weighted by molar-refractivity contribution is 5.94. The largest absolute Gasteiger partial charge is 0.478 e. The molecule has 2 N–H and O–H groups in total. The van der Waals surface area contributed by atoms with Gasteiger partial charge in [-0.15, -0.1) is 0 Å². The van der Waals surface area contributed by atoms with Gasteiger partial charge in [0, 0.05) is 5.69 Å². The molecule has 0 saturated carbocycles. The number of hydrogen-bond acceptors (Lipinski definition) is 3. The molecule has 19 heavy (non-hydrogen) atoms. The number of benzene rings is 1. The summed E-state index contributed by atoms with van der Waals surface area (Å²) in [6.45, 7) is 0. The zero-order valence-corrected chi connectivity index (χ0v) is 9.68. The number of rotatable bonds is 4. The van der Waals surface area contributed by atoms with Crippen LogP contribution in [0.2, 0.25) is 0 Å². The van der Waals surface area contributed by atoms with Gasteiger partial charge >= 0.3 is 5.97 Å². The predicted octanol–water partition coefficient (Wildman–Crippen LogP) is 3.46. The molecule has 0 spiro atoms. The summed E-state index contributed by atoms with van der Waals surface area (Å²) in [5, 5.41) is 11.7. The first-order valence-electron chi connectivity index (χ1n) is 5.42. The summed E-state index contributed by atoms with van der Waals surface area (Å²) in [7, 11) is 0. The topological polar surface area (TPSA) is 62.2 Å². The number of nitrogens with one attached hydrogen (secondary N) is 1. The van der Waals surface area contributed by atoms with Crippen LogP contribution in [-0.4, -0.2) is 16.1 Å². The van der Waals surface area contributed by atoms with E-state index in [1.807, 2.05) is 0 Å². The minimum atomic E-state index is -2.75. The third-order valence-electron chi connectivity index (χ3n) is 2.41. The number of halogens is 2. The smallest absolute Gasteiger partial charge is 0.339 e. The lowest BCUT2D eigenvalue weighted by Crippen LogP contribution is -2.06. The summed E-state index contributed by atoms with van der Waals surface area (Å²) >= 11 is 0. The standard InChI is InChI=1S/C13H10F2N2O2/c14-11(15)10-7-6-9(13(18)19)12(17-10)16-8-4-2-1-3-5-8/h1-7,11H,(H,16,17)(H,18,19). The molecule has 1 heterocycles. The monoisotopic (exact) mass is 264 g/mol. The van der Waals surface area contributed by atoms with Crippen molar-refractivity contribution in [3.8, 4) is 0 Å². The van der Waals surface area contributed by atoms with Crippen LogP contribution >= 0.6 is 0 Å². The molecule has 0 saturated heterocycles. The molecule has 1 aromatic heterocycles. The van der Waals surface area contributed by atoms with Crippen molar-refractivity contribution in [2.45, 2.75) is 6.43 Å². The number of hydrogen-bond donors (Lipinski definition) is 2. The fourth-order valence-electron chi connectivity index (χ4n) is 1.52. The zero-order valence-electron chi connectivity index (χ0n) is 9.68. The summed E-state index contributed by atoms with van der Waals surface area (Å²) in [4.78, 5) is 14.7. The van der Waals surface area contributed by atoms with Gasteiger partial charge in [-0.3, -0.25) is 0 Å². The molecule has 0 atom stereocenters. The van der Waals surface area contributed by atoms with Crippen molar-refractivity contribution in [2.75, 3.05) is 5.32 Å².